The average Bonchev–Trinajstić information content (AvgIpc) is 3.47. The van der Waals surface area contributed by atoms with Crippen LogP contribution < -0.4 is 11.3 Å². The normalized spacial score (nSPS) is 18.4. The molecule has 1 aliphatic rings. The lowest BCUT2D eigenvalue weighted by atomic mass is 10.0. The Kier molecular flexibility index (Phi) is 4.79. The highest BCUT2D eigenvalue weighted by Gasteiger charge is 2.41. The Balaban J connectivity index is 1.52. The maximum atomic E-state index is 12.0. The van der Waals surface area contributed by atoms with E-state index < -0.39 is 0 Å². The maximum absolute atomic E-state index is 12.0. The fraction of sp³-hybridized carbons (Fsp3) is 0.273. The highest BCUT2D eigenvalue weighted by Crippen LogP contribution is 2.54. The topological polar surface area (TPSA) is 60.9 Å². The fourth-order valence-electron chi connectivity index (χ4n) is 3.51. The molecule has 1 aliphatic carbocycles. The molecule has 1 heterocycles. The Morgan fingerprint density at radius 3 is 2.59 bits per heavy atom. The number of aromatic nitrogens is 2. The molecule has 0 aliphatic heterocycles. The van der Waals surface area contributed by atoms with Crippen LogP contribution in [0.2, 0.25) is 0 Å². The van der Waals surface area contributed by atoms with Gasteiger partial charge in [-0.1, -0.05) is 43.3 Å². The molecule has 2 atom stereocenters. The molecule has 27 heavy (non-hydrogen) atoms. The number of anilines is 1. The standard InChI is InChI=1S/C22H23N3OS/c1-3-27-17-6-4-5-16(11-17)14-7-9-15(10-8-14)18-12-19(18)20-13-21(26)25(2)22(23)24-20/h4-11,13,18-19H,3,12H2,1-2H3,(H2,23,24)/t18-,19-/m0/s1. The lowest BCUT2D eigenvalue weighted by molar-refractivity contribution is 0.813. The van der Waals surface area contributed by atoms with E-state index in [0.717, 1.165) is 17.9 Å². The zero-order valence-electron chi connectivity index (χ0n) is 15.6. The van der Waals surface area contributed by atoms with E-state index >= 15 is 0 Å². The highest BCUT2D eigenvalue weighted by molar-refractivity contribution is 7.99. The van der Waals surface area contributed by atoms with Crippen LogP contribution in [-0.2, 0) is 7.05 Å². The molecule has 4 rings (SSSR count). The molecule has 4 nitrogen and oxygen atoms in total. The van der Waals surface area contributed by atoms with Gasteiger partial charge in [-0.15, -0.1) is 11.8 Å². The van der Waals surface area contributed by atoms with Gasteiger partial charge in [0, 0.05) is 23.9 Å². The molecule has 0 unspecified atom stereocenters. The molecule has 5 heteroatoms. The van der Waals surface area contributed by atoms with Crippen LogP contribution >= 0.6 is 11.8 Å². The predicted octanol–water partition coefficient (Wildman–Crippen LogP) is 4.41. The van der Waals surface area contributed by atoms with E-state index in [4.69, 9.17) is 5.73 Å². The molecule has 1 saturated carbocycles. The number of thioether (sulfide) groups is 1. The fourth-order valence-corrected chi connectivity index (χ4v) is 4.23. The van der Waals surface area contributed by atoms with Crippen molar-refractivity contribution in [2.24, 2.45) is 7.05 Å². The predicted molar refractivity (Wildman–Crippen MR) is 112 cm³/mol. The molecule has 0 saturated heterocycles. The van der Waals surface area contributed by atoms with Gasteiger partial charge in [-0.05, 0) is 46.9 Å². The van der Waals surface area contributed by atoms with Gasteiger partial charge in [0.15, 0.2) is 0 Å². The average molecular weight is 378 g/mol. The second kappa shape index (κ2) is 7.24. The third-order valence-electron chi connectivity index (χ3n) is 5.18. The lowest BCUT2D eigenvalue weighted by Crippen LogP contribution is -2.21. The molecule has 1 fully saturated rings. The summed E-state index contributed by atoms with van der Waals surface area (Å²) in [6.45, 7) is 2.17. The van der Waals surface area contributed by atoms with Crippen LogP contribution in [0.5, 0.6) is 0 Å². The van der Waals surface area contributed by atoms with Crippen LogP contribution in [0.1, 0.15) is 36.4 Å². The number of rotatable bonds is 5. The zero-order valence-corrected chi connectivity index (χ0v) is 16.4. The quantitative estimate of drug-likeness (QED) is 0.669. The summed E-state index contributed by atoms with van der Waals surface area (Å²) in [6.07, 6.45) is 1.02. The van der Waals surface area contributed by atoms with E-state index in [1.807, 2.05) is 11.8 Å². The molecule has 0 amide bonds. The summed E-state index contributed by atoms with van der Waals surface area (Å²) in [5.41, 5.74) is 10.3. The first-order valence-corrected chi connectivity index (χ1v) is 10.2. The molecule has 0 bridgehead atoms. The monoisotopic (exact) mass is 377 g/mol. The van der Waals surface area contributed by atoms with Crippen LogP contribution in [0.25, 0.3) is 11.1 Å². The largest absolute Gasteiger partial charge is 0.369 e. The van der Waals surface area contributed by atoms with E-state index in [0.29, 0.717) is 5.92 Å². The number of hydrogen-bond acceptors (Lipinski definition) is 4. The summed E-state index contributed by atoms with van der Waals surface area (Å²) in [4.78, 5) is 17.7. The third-order valence-corrected chi connectivity index (χ3v) is 6.05. The molecule has 2 N–H and O–H groups in total. The zero-order chi connectivity index (χ0) is 19.0. The minimum absolute atomic E-state index is 0.0941. The Morgan fingerprint density at radius 1 is 1.11 bits per heavy atom. The first kappa shape index (κ1) is 17.9. The van der Waals surface area contributed by atoms with Gasteiger partial charge in [0.05, 0.1) is 5.69 Å². The van der Waals surface area contributed by atoms with Crippen LogP contribution in [-0.4, -0.2) is 15.3 Å². The SMILES string of the molecule is CCSc1cccc(-c2ccc([C@@H]3C[C@@H]3c3cc(=O)n(C)c(N)n3)cc2)c1. The summed E-state index contributed by atoms with van der Waals surface area (Å²) in [5, 5.41) is 0. The summed E-state index contributed by atoms with van der Waals surface area (Å²) in [5.74, 6) is 2.06. The molecule has 3 aromatic rings. The minimum Gasteiger partial charge on any atom is -0.369 e. The van der Waals surface area contributed by atoms with Crippen molar-refractivity contribution in [3.63, 3.8) is 0 Å². The molecule has 138 valence electrons. The van der Waals surface area contributed by atoms with E-state index in [1.54, 1.807) is 13.1 Å². The number of nitrogens with two attached hydrogens (primary N) is 1. The summed E-state index contributed by atoms with van der Waals surface area (Å²) < 4.78 is 1.38. The summed E-state index contributed by atoms with van der Waals surface area (Å²) in [7, 11) is 1.64. The van der Waals surface area contributed by atoms with Crippen molar-refractivity contribution in [2.75, 3.05) is 11.5 Å². The Morgan fingerprint density at radius 2 is 1.89 bits per heavy atom. The van der Waals surface area contributed by atoms with Gasteiger partial charge in [0.1, 0.15) is 0 Å². The van der Waals surface area contributed by atoms with Crippen molar-refractivity contribution in [1.82, 2.24) is 9.55 Å². The van der Waals surface area contributed by atoms with Crippen molar-refractivity contribution in [3.05, 3.63) is 76.2 Å². The third kappa shape index (κ3) is 3.65. The molecule has 0 spiro atoms. The van der Waals surface area contributed by atoms with Gasteiger partial charge < -0.3 is 5.73 Å². The van der Waals surface area contributed by atoms with Crippen LogP contribution in [0.4, 0.5) is 5.95 Å². The van der Waals surface area contributed by atoms with Gasteiger partial charge in [0.2, 0.25) is 5.95 Å². The first-order valence-electron chi connectivity index (χ1n) is 9.23. The molecular formula is C22H23N3OS. The molecule has 1 aromatic heterocycles. The van der Waals surface area contributed by atoms with Gasteiger partial charge in [-0.3, -0.25) is 9.36 Å². The van der Waals surface area contributed by atoms with Crippen LogP contribution in [0.15, 0.2) is 64.3 Å². The Hall–Kier alpha value is -2.53. The maximum Gasteiger partial charge on any atom is 0.254 e. The molecule has 0 radical (unpaired) electrons. The molecular weight excluding hydrogens is 354 g/mol. The smallest absolute Gasteiger partial charge is 0.254 e. The van der Waals surface area contributed by atoms with Gasteiger partial charge in [-0.25, -0.2) is 4.98 Å². The van der Waals surface area contributed by atoms with Crippen molar-refractivity contribution in [3.8, 4) is 11.1 Å². The first-order chi connectivity index (χ1) is 13.1. The second-order valence-corrected chi connectivity index (χ2v) is 8.31. The highest BCUT2D eigenvalue weighted by atomic mass is 32.2. The molecule has 2 aromatic carbocycles. The Labute approximate surface area is 163 Å². The van der Waals surface area contributed by atoms with Gasteiger partial charge >= 0.3 is 0 Å². The van der Waals surface area contributed by atoms with E-state index in [2.05, 4.69) is 60.4 Å². The van der Waals surface area contributed by atoms with Crippen molar-refractivity contribution in [2.45, 2.75) is 30.1 Å². The number of benzene rings is 2. The van der Waals surface area contributed by atoms with E-state index in [-0.39, 0.29) is 17.4 Å². The summed E-state index contributed by atoms with van der Waals surface area (Å²) in [6, 6.07) is 19.1. The van der Waals surface area contributed by atoms with Crippen LogP contribution in [0.3, 0.4) is 0 Å². The number of nitrogen functional groups attached to an aromatic ring is 1. The Bertz CT molecular complexity index is 1030. The van der Waals surface area contributed by atoms with Crippen molar-refractivity contribution < 1.29 is 0 Å². The van der Waals surface area contributed by atoms with Crippen LogP contribution in [0, 0.1) is 0 Å². The van der Waals surface area contributed by atoms with Gasteiger partial charge in [-0.2, -0.15) is 0 Å². The van der Waals surface area contributed by atoms with E-state index in [1.165, 1.54) is 26.2 Å². The minimum atomic E-state index is -0.0941. The lowest BCUT2D eigenvalue weighted by Gasteiger charge is -2.07. The van der Waals surface area contributed by atoms with E-state index in [9.17, 15) is 4.79 Å². The second-order valence-electron chi connectivity index (χ2n) is 6.97. The number of hydrogen-bond donors (Lipinski definition) is 1. The number of nitrogens with zero attached hydrogens (tertiary/aromatic N) is 2. The van der Waals surface area contributed by atoms with Crippen molar-refractivity contribution >= 4 is 17.7 Å². The van der Waals surface area contributed by atoms with Crippen molar-refractivity contribution in [1.29, 1.82) is 0 Å². The summed E-state index contributed by atoms with van der Waals surface area (Å²) >= 11 is 1.86. The van der Waals surface area contributed by atoms with Gasteiger partial charge in [0.25, 0.3) is 5.56 Å².